The van der Waals surface area contributed by atoms with Gasteiger partial charge in [-0.05, 0) is 19.4 Å². The number of pyridine rings is 1. The summed E-state index contributed by atoms with van der Waals surface area (Å²) in [5, 5.41) is 0. The van der Waals surface area contributed by atoms with Crippen molar-refractivity contribution >= 4 is 0 Å². The molecule has 0 unspecified atom stereocenters. The number of aromatic nitrogens is 3. The number of unbranched alkanes of at least 4 members (excludes halogenated alkanes) is 11. The zero-order valence-electron chi connectivity index (χ0n) is 17.5. The Morgan fingerprint density at radius 2 is 1.48 bits per heavy atom. The van der Waals surface area contributed by atoms with Crippen LogP contribution in [0.5, 0.6) is 0 Å². The maximum absolute atomic E-state index is 3.67. The number of aromatic amines is 1. The van der Waals surface area contributed by atoms with Gasteiger partial charge in [0.05, 0.1) is 6.33 Å². The SMILES string of the molecule is CCCCCCCCCCCCCC[n+]1cccc(C)c1.[I-].c1c[nH]cn1. The van der Waals surface area contributed by atoms with Crippen molar-refractivity contribution in [3.8, 4) is 0 Å². The first-order valence-corrected chi connectivity index (χ1v) is 10.7. The third kappa shape index (κ3) is 17.0. The number of H-pyrrole nitrogens is 1. The molecule has 0 aromatic carbocycles. The van der Waals surface area contributed by atoms with Gasteiger partial charge in [0.2, 0.25) is 0 Å². The molecule has 2 heterocycles. The summed E-state index contributed by atoms with van der Waals surface area (Å²) in [7, 11) is 0. The Morgan fingerprint density at radius 1 is 0.889 bits per heavy atom. The standard InChI is InChI=1S/C20H36N.C3H4N2.HI/c1-3-4-5-6-7-8-9-10-11-12-13-14-17-21-18-15-16-20(2)19-21;1-2-5-3-4-1;/h15-16,18-19H,3-14,17H2,1-2H3;1-3H,(H,4,5);1H/q+1;;/p-1. The van der Waals surface area contributed by atoms with Crippen LogP contribution in [0, 0.1) is 6.92 Å². The van der Waals surface area contributed by atoms with E-state index in [2.05, 4.69) is 52.9 Å². The minimum atomic E-state index is 0. The molecule has 0 atom stereocenters. The highest BCUT2D eigenvalue weighted by Gasteiger charge is 2.00. The van der Waals surface area contributed by atoms with Crippen molar-refractivity contribution in [2.75, 3.05) is 0 Å². The number of nitrogens with zero attached hydrogens (tertiary/aromatic N) is 2. The van der Waals surface area contributed by atoms with Crippen molar-refractivity contribution in [1.82, 2.24) is 9.97 Å². The van der Waals surface area contributed by atoms with Crippen LogP contribution in [0.25, 0.3) is 0 Å². The lowest BCUT2D eigenvalue weighted by Crippen LogP contribution is -3.00. The van der Waals surface area contributed by atoms with Crippen molar-refractivity contribution in [2.24, 2.45) is 0 Å². The van der Waals surface area contributed by atoms with Crippen molar-refractivity contribution in [3.05, 3.63) is 48.8 Å². The smallest absolute Gasteiger partial charge is 0.171 e. The van der Waals surface area contributed by atoms with E-state index in [0.29, 0.717) is 0 Å². The molecular formula is C23H40IN3. The number of rotatable bonds is 13. The summed E-state index contributed by atoms with van der Waals surface area (Å²) < 4.78 is 2.33. The Morgan fingerprint density at radius 3 is 1.93 bits per heavy atom. The highest BCUT2D eigenvalue weighted by molar-refractivity contribution is 5.01. The molecule has 0 amide bonds. The van der Waals surface area contributed by atoms with Crippen molar-refractivity contribution in [3.63, 3.8) is 0 Å². The molecule has 0 aliphatic carbocycles. The molecule has 0 bridgehead atoms. The largest absolute Gasteiger partial charge is 1.00 e. The molecule has 0 fully saturated rings. The molecule has 4 heteroatoms. The predicted molar refractivity (Wildman–Crippen MR) is 111 cm³/mol. The van der Waals surface area contributed by atoms with Gasteiger partial charge in [0.1, 0.15) is 6.54 Å². The van der Waals surface area contributed by atoms with E-state index < -0.39 is 0 Å². The van der Waals surface area contributed by atoms with Gasteiger partial charge in [-0.15, -0.1) is 0 Å². The number of hydrogen-bond donors (Lipinski definition) is 1. The first-order chi connectivity index (χ1) is 12.8. The molecule has 2 aromatic rings. The van der Waals surface area contributed by atoms with E-state index in [0.717, 1.165) is 0 Å². The van der Waals surface area contributed by atoms with Crippen molar-refractivity contribution in [1.29, 1.82) is 0 Å². The third-order valence-corrected chi connectivity index (χ3v) is 4.68. The zero-order chi connectivity index (χ0) is 18.7. The summed E-state index contributed by atoms with van der Waals surface area (Å²) >= 11 is 0. The van der Waals surface area contributed by atoms with E-state index in [1.165, 1.54) is 89.2 Å². The fourth-order valence-electron chi connectivity index (χ4n) is 3.14. The van der Waals surface area contributed by atoms with E-state index in [1.54, 1.807) is 18.7 Å². The third-order valence-electron chi connectivity index (χ3n) is 4.68. The van der Waals surface area contributed by atoms with E-state index in [4.69, 9.17) is 0 Å². The van der Waals surface area contributed by atoms with Gasteiger partial charge in [-0.1, -0.05) is 71.1 Å². The molecule has 0 saturated heterocycles. The number of hydrogen-bond acceptors (Lipinski definition) is 1. The first kappa shape index (κ1) is 26.1. The number of halogens is 1. The normalized spacial score (nSPS) is 10.0. The summed E-state index contributed by atoms with van der Waals surface area (Å²) in [4.78, 5) is 6.42. The summed E-state index contributed by atoms with van der Waals surface area (Å²) in [6, 6.07) is 4.31. The highest BCUT2D eigenvalue weighted by atomic mass is 127. The Kier molecular flexibility index (Phi) is 19.2. The second-order valence-corrected chi connectivity index (χ2v) is 7.27. The lowest BCUT2D eigenvalue weighted by molar-refractivity contribution is -0.697. The van der Waals surface area contributed by atoms with E-state index in [-0.39, 0.29) is 24.0 Å². The van der Waals surface area contributed by atoms with Crippen LogP contribution in [0.3, 0.4) is 0 Å². The summed E-state index contributed by atoms with van der Waals surface area (Å²) in [6.07, 6.45) is 26.6. The van der Waals surface area contributed by atoms with E-state index in [9.17, 15) is 0 Å². The zero-order valence-corrected chi connectivity index (χ0v) is 19.7. The van der Waals surface area contributed by atoms with Crippen LogP contribution >= 0.6 is 0 Å². The number of aryl methyl sites for hydroxylation is 2. The van der Waals surface area contributed by atoms with Crippen LogP contribution in [-0.2, 0) is 6.54 Å². The molecule has 0 spiro atoms. The molecule has 2 rings (SSSR count). The first-order valence-electron chi connectivity index (χ1n) is 10.7. The maximum atomic E-state index is 3.67. The van der Waals surface area contributed by atoms with Gasteiger partial charge < -0.3 is 29.0 Å². The molecule has 27 heavy (non-hydrogen) atoms. The molecule has 0 saturated carbocycles. The maximum Gasteiger partial charge on any atom is 0.171 e. The van der Waals surface area contributed by atoms with Crippen LogP contribution in [0.15, 0.2) is 43.2 Å². The topological polar surface area (TPSA) is 32.6 Å². The Labute approximate surface area is 184 Å². The lowest BCUT2D eigenvalue weighted by atomic mass is 10.1. The fourth-order valence-corrected chi connectivity index (χ4v) is 3.14. The monoisotopic (exact) mass is 485 g/mol. The molecule has 154 valence electrons. The van der Waals surface area contributed by atoms with Crippen molar-refractivity contribution in [2.45, 2.75) is 97.4 Å². The number of nitrogens with one attached hydrogen (secondary N) is 1. The molecular weight excluding hydrogens is 445 g/mol. The molecule has 0 aliphatic rings. The van der Waals surface area contributed by atoms with Crippen molar-refractivity contribution < 1.29 is 28.5 Å². The molecule has 0 aliphatic heterocycles. The summed E-state index contributed by atoms with van der Waals surface area (Å²) in [5.74, 6) is 0. The molecule has 2 aromatic heterocycles. The van der Waals surface area contributed by atoms with Crippen LogP contribution < -0.4 is 28.5 Å². The Balaban J connectivity index is 0.000000969. The molecule has 0 radical (unpaired) electrons. The quantitative estimate of drug-likeness (QED) is 0.263. The van der Waals surface area contributed by atoms with Gasteiger partial charge in [-0.2, -0.15) is 0 Å². The average Bonchev–Trinajstić information content (AvgIpc) is 3.23. The number of imidazole rings is 1. The van der Waals surface area contributed by atoms with Gasteiger partial charge in [-0.3, -0.25) is 0 Å². The van der Waals surface area contributed by atoms with Crippen LogP contribution in [-0.4, -0.2) is 9.97 Å². The van der Waals surface area contributed by atoms with Gasteiger partial charge in [0.15, 0.2) is 12.4 Å². The Hall–Kier alpha value is -0.910. The van der Waals surface area contributed by atoms with E-state index in [1.807, 2.05) is 0 Å². The second-order valence-electron chi connectivity index (χ2n) is 7.27. The summed E-state index contributed by atoms with van der Waals surface area (Å²) in [5.41, 5.74) is 1.36. The molecule has 3 nitrogen and oxygen atoms in total. The molecule has 1 N–H and O–H groups in total. The van der Waals surface area contributed by atoms with Crippen LogP contribution in [0.4, 0.5) is 0 Å². The van der Waals surface area contributed by atoms with Gasteiger partial charge >= 0.3 is 0 Å². The van der Waals surface area contributed by atoms with Crippen LogP contribution in [0.1, 0.15) is 89.5 Å². The average molecular weight is 485 g/mol. The summed E-state index contributed by atoms with van der Waals surface area (Å²) in [6.45, 7) is 5.63. The van der Waals surface area contributed by atoms with Crippen LogP contribution in [0.2, 0.25) is 0 Å². The van der Waals surface area contributed by atoms with Gasteiger partial charge in [0.25, 0.3) is 0 Å². The second kappa shape index (κ2) is 19.8. The lowest BCUT2D eigenvalue weighted by Gasteiger charge is -2.02. The Bertz CT molecular complexity index is 497. The minimum absolute atomic E-state index is 0. The van der Waals surface area contributed by atoms with Gasteiger partial charge in [-0.25, -0.2) is 9.55 Å². The fraction of sp³-hybridized carbons (Fsp3) is 0.652. The highest BCUT2D eigenvalue weighted by Crippen LogP contribution is 2.11. The minimum Gasteiger partial charge on any atom is -1.00 e. The van der Waals surface area contributed by atoms with E-state index >= 15 is 0 Å². The predicted octanol–water partition coefficient (Wildman–Crippen LogP) is 3.40. The van der Waals surface area contributed by atoms with Gasteiger partial charge in [0, 0.05) is 30.4 Å².